The van der Waals surface area contributed by atoms with Gasteiger partial charge in [0.2, 0.25) is 0 Å². The summed E-state index contributed by atoms with van der Waals surface area (Å²) >= 11 is 0. The Balaban J connectivity index is 3.48. The molecule has 0 atom stereocenters. The molecule has 0 aromatic rings. The van der Waals surface area contributed by atoms with Crippen LogP contribution in [0.5, 0.6) is 0 Å². The van der Waals surface area contributed by atoms with Gasteiger partial charge in [-0.3, -0.25) is 4.79 Å². The van der Waals surface area contributed by atoms with E-state index >= 15 is 0 Å². The molecule has 0 aliphatic heterocycles. The minimum absolute atomic E-state index is 0.0620. The van der Waals surface area contributed by atoms with Crippen LogP contribution in [0, 0.1) is 5.92 Å². The second kappa shape index (κ2) is 3.24. The molecular formula is C6H10O2. The van der Waals surface area contributed by atoms with Gasteiger partial charge in [0, 0.05) is 0 Å². The molecule has 2 heteroatoms. The lowest BCUT2D eigenvalue weighted by Crippen LogP contribution is -2.07. The Morgan fingerprint density at radius 2 is 2.25 bits per heavy atom. The largest absolute Gasteiger partial charge is 0.435 e. The molecule has 0 aromatic carbocycles. The summed E-state index contributed by atoms with van der Waals surface area (Å²) in [6.07, 6.45) is 1.14. The maximum absolute atomic E-state index is 10.4. The van der Waals surface area contributed by atoms with Crippen molar-refractivity contribution in [1.29, 1.82) is 0 Å². The maximum Gasteiger partial charge on any atom is 0.313 e. The molecule has 46 valence electrons. The minimum Gasteiger partial charge on any atom is -0.435 e. The van der Waals surface area contributed by atoms with Gasteiger partial charge in [-0.2, -0.15) is 0 Å². The van der Waals surface area contributed by atoms with E-state index in [1.165, 1.54) is 0 Å². The van der Waals surface area contributed by atoms with E-state index in [2.05, 4.69) is 11.3 Å². The Kier molecular flexibility index (Phi) is 2.92. The molecule has 2 nitrogen and oxygen atoms in total. The fourth-order valence-corrected chi connectivity index (χ4v) is 0.218. The fraction of sp³-hybridized carbons (Fsp3) is 0.500. The van der Waals surface area contributed by atoms with Crippen LogP contribution in [-0.2, 0) is 9.53 Å². The lowest BCUT2D eigenvalue weighted by molar-refractivity contribution is -0.141. The molecule has 0 saturated carbocycles. The van der Waals surface area contributed by atoms with Gasteiger partial charge in [-0.15, -0.1) is 0 Å². The SMILES string of the molecule is C=COC(=O)C(C)C. The average molecular weight is 114 g/mol. The van der Waals surface area contributed by atoms with Crippen LogP contribution in [0.2, 0.25) is 0 Å². The van der Waals surface area contributed by atoms with Gasteiger partial charge in [-0.05, 0) is 0 Å². The van der Waals surface area contributed by atoms with E-state index < -0.39 is 0 Å². The summed E-state index contributed by atoms with van der Waals surface area (Å²) in [5.41, 5.74) is 0. The highest BCUT2D eigenvalue weighted by atomic mass is 16.5. The average Bonchev–Trinajstić information content (AvgIpc) is 1.67. The van der Waals surface area contributed by atoms with Crippen LogP contribution in [0.3, 0.4) is 0 Å². The van der Waals surface area contributed by atoms with Gasteiger partial charge in [-0.1, -0.05) is 20.4 Å². The molecule has 0 fully saturated rings. The van der Waals surface area contributed by atoms with Crippen molar-refractivity contribution in [3.8, 4) is 0 Å². The third kappa shape index (κ3) is 2.39. The highest BCUT2D eigenvalue weighted by Crippen LogP contribution is 1.94. The molecule has 0 saturated heterocycles. The van der Waals surface area contributed by atoms with Gasteiger partial charge in [-0.25, -0.2) is 0 Å². The number of esters is 1. The first-order valence-electron chi connectivity index (χ1n) is 2.50. The van der Waals surface area contributed by atoms with E-state index in [-0.39, 0.29) is 11.9 Å². The zero-order chi connectivity index (χ0) is 6.57. The van der Waals surface area contributed by atoms with Crippen molar-refractivity contribution in [1.82, 2.24) is 0 Å². The summed E-state index contributed by atoms with van der Waals surface area (Å²) in [7, 11) is 0. The number of carbonyl (C=O) groups excluding carboxylic acids is 1. The predicted octanol–water partition coefficient (Wildman–Crippen LogP) is 1.33. The lowest BCUT2D eigenvalue weighted by atomic mass is 10.2. The Labute approximate surface area is 49.1 Å². The number of rotatable bonds is 2. The minimum atomic E-state index is -0.236. The van der Waals surface area contributed by atoms with Crippen LogP contribution in [0.4, 0.5) is 0 Å². The van der Waals surface area contributed by atoms with Gasteiger partial charge in [0.05, 0.1) is 12.2 Å². The van der Waals surface area contributed by atoms with E-state index in [9.17, 15) is 4.79 Å². The van der Waals surface area contributed by atoms with Gasteiger partial charge in [0.25, 0.3) is 0 Å². The number of carbonyl (C=O) groups is 1. The van der Waals surface area contributed by atoms with E-state index in [0.29, 0.717) is 0 Å². The molecule has 0 N–H and O–H groups in total. The van der Waals surface area contributed by atoms with Crippen LogP contribution in [0.25, 0.3) is 0 Å². The van der Waals surface area contributed by atoms with Crippen molar-refractivity contribution in [3.05, 3.63) is 12.8 Å². The molecule has 0 aromatic heterocycles. The molecule has 0 heterocycles. The standard InChI is InChI=1S/C6H10O2/c1-4-8-6(7)5(2)3/h4-5H,1H2,2-3H3. The molecule has 0 radical (unpaired) electrons. The predicted molar refractivity (Wildman–Crippen MR) is 31.1 cm³/mol. The fourth-order valence-electron chi connectivity index (χ4n) is 0.218. The van der Waals surface area contributed by atoms with Crippen molar-refractivity contribution in [2.75, 3.05) is 0 Å². The molecule has 0 aliphatic rings. The number of hydrogen-bond acceptors (Lipinski definition) is 2. The van der Waals surface area contributed by atoms with Crippen molar-refractivity contribution in [2.24, 2.45) is 5.92 Å². The summed E-state index contributed by atoms with van der Waals surface area (Å²) < 4.78 is 4.43. The molecule has 0 rings (SSSR count). The van der Waals surface area contributed by atoms with Gasteiger partial charge in [0.1, 0.15) is 0 Å². The Hall–Kier alpha value is -0.790. The lowest BCUT2D eigenvalue weighted by Gasteiger charge is -1.98. The van der Waals surface area contributed by atoms with Gasteiger partial charge >= 0.3 is 5.97 Å². The summed E-state index contributed by atoms with van der Waals surface area (Å²) in [4.78, 5) is 10.4. The Morgan fingerprint density at radius 1 is 1.75 bits per heavy atom. The van der Waals surface area contributed by atoms with Crippen LogP contribution in [-0.4, -0.2) is 5.97 Å². The van der Waals surface area contributed by atoms with Crippen LogP contribution in [0.15, 0.2) is 12.8 Å². The summed E-state index contributed by atoms with van der Waals surface area (Å²) in [5, 5.41) is 0. The first-order valence-corrected chi connectivity index (χ1v) is 2.50. The van der Waals surface area contributed by atoms with E-state index in [0.717, 1.165) is 6.26 Å². The zero-order valence-corrected chi connectivity index (χ0v) is 5.18. The second-order valence-electron chi connectivity index (χ2n) is 1.76. The third-order valence-corrected chi connectivity index (χ3v) is 0.671. The number of ether oxygens (including phenoxy) is 1. The summed E-state index contributed by atoms with van der Waals surface area (Å²) in [5.74, 6) is -0.298. The second-order valence-corrected chi connectivity index (χ2v) is 1.76. The smallest absolute Gasteiger partial charge is 0.313 e. The molecular weight excluding hydrogens is 104 g/mol. The van der Waals surface area contributed by atoms with Crippen LogP contribution in [0.1, 0.15) is 13.8 Å². The maximum atomic E-state index is 10.4. The van der Waals surface area contributed by atoms with Gasteiger partial charge in [0.15, 0.2) is 0 Å². The number of hydrogen-bond donors (Lipinski definition) is 0. The molecule has 0 unspecified atom stereocenters. The van der Waals surface area contributed by atoms with Crippen LogP contribution < -0.4 is 0 Å². The quantitative estimate of drug-likeness (QED) is 0.400. The highest BCUT2D eigenvalue weighted by molar-refractivity contribution is 5.71. The van der Waals surface area contributed by atoms with E-state index in [1.54, 1.807) is 13.8 Å². The first kappa shape index (κ1) is 7.21. The summed E-state index contributed by atoms with van der Waals surface area (Å²) in [6, 6.07) is 0. The molecule has 0 aliphatic carbocycles. The first-order chi connectivity index (χ1) is 3.68. The molecule has 0 bridgehead atoms. The van der Waals surface area contributed by atoms with Crippen molar-refractivity contribution >= 4 is 5.97 Å². The van der Waals surface area contributed by atoms with Crippen LogP contribution >= 0.6 is 0 Å². The normalized spacial score (nSPS) is 8.88. The highest BCUT2D eigenvalue weighted by Gasteiger charge is 2.04. The Morgan fingerprint density at radius 3 is 2.38 bits per heavy atom. The zero-order valence-electron chi connectivity index (χ0n) is 5.18. The monoisotopic (exact) mass is 114 g/mol. The van der Waals surface area contributed by atoms with Crippen molar-refractivity contribution in [2.45, 2.75) is 13.8 Å². The van der Waals surface area contributed by atoms with Crippen molar-refractivity contribution in [3.63, 3.8) is 0 Å². The summed E-state index contributed by atoms with van der Waals surface area (Å²) in [6.45, 7) is 6.78. The van der Waals surface area contributed by atoms with E-state index in [4.69, 9.17) is 0 Å². The topological polar surface area (TPSA) is 26.3 Å². The van der Waals surface area contributed by atoms with Crippen molar-refractivity contribution < 1.29 is 9.53 Å². The molecule has 8 heavy (non-hydrogen) atoms. The third-order valence-electron chi connectivity index (χ3n) is 0.671. The van der Waals surface area contributed by atoms with E-state index in [1.807, 2.05) is 0 Å². The van der Waals surface area contributed by atoms with Gasteiger partial charge < -0.3 is 4.74 Å². The molecule has 0 amide bonds. The molecule has 0 spiro atoms. The Bertz CT molecular complexity index is 94.7.